The third kappa shape index (κ3) is 4.82. The van der Waals surface area contributed by atoms with Gasteiger partial charge in [0.15, 0.2) is 11.5 Å². The Morgan fingerprint density at radius 1 is 1.00 bits per heavy atom. The van der Waals surface area contributed by atoms with Crippen molar-refractivity contribution in [1.29, 1.82) is 0 Å². The maximum Gasteiger partial charge on any atom is 0.325 e. The molecule has 4 heterocycles. The summed E-state index contributed by atoms with van der Waals surface area (Å²) in [5.74, 6) is 1.19. The highest BCUT2D eigenvalue weighted by Gasteiger charge is 2.21. The van der Waals surface area contributed by atoms with Crippen molar-refractivity contribution < 1.29 is 4.74 Å². The second-order valence-electron chi connectivity index (χ2n) is 9.34. The number of rotatable bonds is 6. The van der Waals surface area contributed by atoms with E-state index in [0.717, 1.165) is 38.9 Å². The minimum absolute atomic E-state index is 0.190. The monoisotopic (exact) mass is 466 g/mol. The zero-order valence-electron chi connectivity index (χ0n) is 19.1. The second kappa shape index (κ2) is 9.92. The number of aromatic amines is 2. The first-order chi connectivity index (χ1) is 16.6. The fraction of sp³-hybridized carbons (Fsp3) is 0.542. The highest BCUT2D eigenvalue weighted by atomic mass is 16.5. The van der Waals surface area contributed by atoms with Gasteiger partial charge in [-0.3, -0.25) is 19.1 Å². The van der Waals surface area contributed by atoms with E-state index in [1.165, 1.54) is 25.5 Å². The highest BCUT2D eigenvalue weighted by Crippen LogP contribution is 2.26. The molecule has 1 aliphatic carbocycles. The summed E-state index contributed by atoms with van der Waals surface area (Å²) in [5.41, 5.74) is 0.367. The summed E-state index contributed by atoms with van der Waals surface area (Å²) in [4.78, 5) is 51.3. The van der Waals surface area contributed by atoms with Gasteiger partial charge in [0.05, 0.1) is 11.3 Å². The molecule has 10 nitrogen and oxygen atoms in total. The number of ether oxygens (including phenoxy) is 1. The Labute approximate surface area is 195 Å². The number of aromatic nitrogens is 5. The van der Waals surface area contributed by atoms with E-state index in [9.17, 15) is 14.4 Å². The van der Waals surface area contributed by atoms with E-state index < -0.39 is 11.2 Å². The van der Waals surface area contributed by atoms with Gasteiger partial charge in [-0.1, -0.05) is 19.3 Å². The van der Waals surface area contributed by atoms with Crippen molar-refractivity contribution in [1.82, 2.24) is 24.5 Å². The summed E-state index contributed by atoms with van der Waals surface area (Å²) in [6.07, 6.45) is 9.02. The van der Waals surface area contributed by atoms with Crippen molar-refractivity contribution in [3.05, 3.63) is 49.5 Å². The number of fused-ring (bicyclic) bond motifs is 1. The maximum absolute atomic E-state index is 13.5. The van der Waals surface area contributed by atoms with Crippen LogP contribution in [0.4, 0.5) is 5.82 Å². The predicted molar refractivity (Wildman–Crippen MR) is 129 cm³/mol. The topological polar surface area (TPSA) is 135 Å². The minimum Gasteiger partial charge on any atom is -0.381 e. The van der Waals surface area contributed by atoms with Crippen LogP contribution >= 0.6 is 0 Å². The summed E-state index contributed by atoms with van der Waals surface area (Å²) in [7, 11) is 0. The smallest absolute Gasteiger partial charge is 0.325 e. The van der Waals surface area contributed by atoms with Crippen molar-refractivity contribution in [2.45, 2.75) is 51.5 Å². The van der Waals surface area contributed by atoms with Gasteiger partial charge >= 0.3 is 5.69 Å². The average Bonchev–Trinajstić information content (AvgIpc) is 2.86. The summed E-state index contributed by atoms with van der Waals surface area (Å²) < 4.78 is 7.15. The van der Waals surface area contributed by atoms with Gasteiger partial charge in [-0.2, -0.15) is 0 Å². The van der Waals surface area contributed by atoms with Gasteiger partial charge in [0.2, 0.25) is 0 Å². The Balaban J connectivity index is 1.55. The Morgan fingerprint density at radius 2 is 1.79 bits per heavy atom. The minimum atomic E-state index is -0.578. The SMILES string of the molecule is O=c1[nH]cc(-c2ccc3nc(NCC4CCOCC4)c(=O)n(CC4CCCCC4)c3n2)c(=O)[nH]1. The molecule has 1 saturated carbocycles. The lowest BCUT2D eigenvalue weighted by molar-refractivity contribution is 0.0699. The standard InChI is InChI=1S/C24H30N6O4/c31-22-17(13-26-24(33)29-22)18-6-7-19-21(28-18)30(14-16-4-2-1-3-5-16)23(32)20(27-19)25-12-15-8-10-34-11-9-15/h6-7,13,15-16H,1-5,8-12,14H2,(H,25,27)(H2,26,29,31,33). The van der Waals surface area contributed by atoms with Crippen LogP contribution in [-0.2, 0) is 11.3 Å². The molecular weight excluding hydrogens is 436 g/mol. The number of anilines is 1. The zero-order chi connectivity index (χ0) is 23.5. The highest BCUT2D eigenvalue weighted by molar-refractivity contribution is 5.76. The number of nitrogens with zero attached hydrogens (tertiary/aromatic N) is 3. The molecule has 0 unspecified atom stereocenters. The molecule has 0 radical (unpaired) electrons. The van der Waals surface area contributed by atoms with E-state index in [4.69, 9.17) is 4.74 Å². The molecular formula is C24H30N6O4. The van der Waals surface area contributed by atoms with E-state index in [-0.39, 0.29) is 11.1 Å². The number of pyridine rings is 1. The number of H-pyrrole nitrogens is 2. The lowest BCUT2D eigenvalue weighted by Gasteiger charge is -2.24. The summed E-state index contributed by atoms with van der Waals surface area (Å²) in [5, 5.41) is 3.29. The second-order valence-corrected chi connectivity index (χ2v) is 9.34. The van der Waals surface area contributed by atoms with Crippen LogP contribution in [0.5, 0.6) is 0 Å². The molecule has 3 aromatic heterocycles. The van der Waals surface area contributed by atoms with Crippen molar-refractivity contribution in [2.75, 3.05) is 25.1 Å². The van der Waals surface area contributed by atoms with Gasteiger partial charge in [-0.25, -0.2) is 14.8 Å². The Bertz CT molecular complexity index is 1330. The van der Waals surface area contributed by atoms with E-state index in [2.05, 4.69) is 25.3 Å². The molecule has 0 bridgehead atoms. The van der Waals surface area contributed by atoms with E-state index in [1.54, 1.807) is 16.7 Å². The van der Waals surface area contributed by atoms with Crippen LogP contribution in [0, 0.1) is 11.8 Å². The number of hydrogen-bond acceptors (Lipinski definition) is 7. The Kier molecular flexibility index (Phi) is 6.57. The molecule has 10 heteroatoms. The van der Waals surface area contributed by atoms with Crippen LogP contribution in [0.2, 0.25) is 0 Å². The van der Waals surface area contributed by atoms with E-state index in [1.807, 2.05) is 0 Å². The predicted octanol–water partition coefficient (Wildman–Crippen LogP) is 2.25. The van der Waals surface area contributed by atoms with Crippen LogP contribution < -0.4 is 22.1 Å². The summed E-state index contributed by atoms with van der Waals surface area (Å²) in [6, 6.07) is 3.47. The third-order valence-electron chi connectivity index (χ3n) is 6.95. The number of hydrogen-bond donors (Lipinski definition) is 3. The molecule has 2 aliphatic rings. The van der Waals surface area contributed by atoms with Gasteiger partial charge in [0.1, 0.15) is 5.52 Å². The van der Waals surface area contributed by atoms with Crippen LogP contribution in [0.25, 0.3) is 22.4 Å². The molecule has 0 amide bonds. The molecule has 5 rings (SSSR count). The molecule has 0 aromatic carbocycles. The van der Waals surface area contributed by atoms with Gasteiger partial charge in [0.25, 0.3) is 11.1 Å². The van der Waals surface area contributed by atoms with Gasteiger partial charge < -0.3 is 15.0 Å². The number of nitrogens with one attached hydrogen (secondary N) is 3. The van der Waals surface area contributed by atoms with Crippen LogP contribution in [0.1, 0.15) is 44.9 Å². The molecule has 0 spiro atoms. The Hall–Kier alpha value is -3.27. The third-order valence-corrected chi connectivity index (χ3v) is 6.95. The van der Waals surface area contributed by atoms with Crippen LogP contribution in [0.3, 0.4) is 0 Å². The first-order valence-corrected chi connectivity index (χ1v) is 12.1. The first-order valence-electron chi connectivity index (χ1n) is 12.1. The summed E-state index contributed by atoms with van der Waals surface area (Å²) in [6.45, 7) is 2.75. The molecule has 1 saturated heterocycles. The van der Waals surface area contributed by atoms with Crippen LogP contribution in [-0.4, -0.2) is 44.3 Å². The van der Waals surface area contributed by atoms with Gasteiger partial charge in [0, 0.05) is 32.5 Å². The van der Waals surface area contributed by atoms with Crippen molar-refractivity contribution >= 4 is 17.0 Å². The lowest BCUT2D eigenvalue weighted by Crippen LogP contribution is -2.31. The molecule has 1 aliphatic heterocycles. The molecule has 2 fully saturated rings. The van der Waals surface area contributed by atoms with E-state index in [0.29, 0.717) is 47.6 Å². The van der Waals surface area contributed by atoms with Crippen LogP contribution in [0.15, 0.2) is 32.7 Å². The van der Waals surface area contributed by atoms with Crippen molar-refractivity contribution in [3.8, 4) is 11.3 Å². The molecule has 3 aromatic rings. The molecule has 0 atom stereocenters. The fourth-order valence-corrected chi connectivity index (χ4v) is 4.97. The molecule has 180 valence electrons. The fourth-order valence-electron chi connectivity index (χ4n) is 4.97. The van der Waals surface area contributed by atoms with Gasteiger partial charge in [-0.15, -0.1) is 0 Å². The molecule has 3 N–H and O–H groups in total. The van der Waals surface area contributed by atoms with Crippen molar-refractivity contribution in [3.63, 3.8) is 0 Å². The Morgan fingerprint density at radius 3 is 2.56 bits per heavy atom. The van der Waals surface area contributed by atoms with Crippen molar-refractivity contribution in [2.24, 2.45) is 11.8 Å². The quantitative estimate of drug-likeness (QED) is 0.507. The van der Waals surface area contributed by atoms with Gasteiger partial charge in [-0.05, 0) is 49.7 Å². The lowest BCUT2D eigenvalue weighted by atomic mass is 9.89. The van der Waals surface area contributed by atoms with E-state index >= 15 is 0 Å². The maximum atomic E-state index is 13.5. The first kappa shape index (κ1) is 22.5. The summed E-state index contributed by atoms with van der Waals surface area (Å²) >= 11 is 0. The zero-order valence-corrected chi connectivity index (χ0v) is 19.1. The molecule has 34 heavy (non-hydrogen) atoms. The largest absolute Gasteiger partial charge is 0.381 e. The normalized spacial score (nSPS) is 17.8. The average molecular weight is 467 g/mol.